The Labute approximate surface area is 147 Å². The van der Waals surface area contributed by atoms with Crippen LogP contribution in [-0.4, -0.2) is 48.6 Å². The van der Waals surface area contributed by atoms with E-state index in [-0.39, 0.29) is 11.7 Å². The third-order valence-corrected chi connectivity index (χ3v) is 5.50. The minimum atomic E-state index is -0.965. The van der Waals surface area contributed by atoms with Gasteiger partial charge in [-0.25, -0.2) is 4.79 Å². The molecule has 4 rings (SSSR count). The zero-order valence-electron chi connectivity index (χ0n) is 14.7. The Kier molecular flexibility index (Phi) is 4.33. The van der Waals surface area contributed by atoms with Crippen molar-refractivity contribution in [3.8, 4) is 0 Å². The van der Waals surface area contributed by atoms with Gasteiger partial charge in [0.2, 0.25) is 0 Å². The molecule has 0 spiro atoms. The maximum absolute atomic E-state index is 11.1. The fraction of sp³-hybridized carbons (Fsp3) is 0.611. The third kappa shape index (κ3) is 3.20. The number of carbonyl (C=O) groups is 1. The van der Waals surface area contributed by atoms with Gasteiger partial charge < -0.3 is 5.11 Å². The molecule has 2 aromatic rings. The molecule has 3 heterocycles. The molecule has 2 aromatic heterocycles. The molecule has 0 radical (unpaired) electrons. The second-order valence-corrected chi connectivity index (χ2v) is 7.22. The van der Waals surface area contributed by atoms with Crippen LogP contribution in [-0.2, 0) is 26.4 Å². The molecular formula is C18H25N5O2. The van der Waals surface area contributed by atoms with Crippen molar-refractivity contribution in [3.05, 3.63) is 34.9 Å². The Morgan fingerprint density at radius 1 is 1.28 bits per heavy atom. The van der Waals surface area contributed by atoms with Gasteiger partial charge in [-0.3, -0.25) is 14.3 Å². The number of nitrogens with zero attached hydrogens (tertiary/aromatic N) is 5. The van der Waals surface area contributed by atoms with Gasteiger partial charge in [0.25, 0.3) is 0 Å². The first-order valence-corrected chi connectivity index (χ1v) is 9.16. The zero-order valence-corrected chi connectivity index (χ0v) is 14.7. The molecule has 7 heteroatoms. The minimum absolute atomic E-state index is 0.123. The highest BCUT2D eigenvalue weighted by Gasteiger charge is 2.26. The fourth-order valence-electron chi connectivity index (χ4n) is 4.20. The summed E-state index contributed by atoms with van der Waals surface area (Å²) in [6.45, 7) is 2.90. The van der Waals surface area contributed by atoms with Gasteiger partial charge in [-0.2, -0.15) is 10.2 Å². The van der Waals surface area contributed by atoms with Crippen LogP contribution in [0.3, 0.4) is 0 Å². The van der Waals surface area contributed by atoms with Crippen molar-refractivity contribution in [1.29, 1.82) is 0 Å². The number of piperidine rings is 1. The summed E-state index contributed by atoms with van der Waals surface area (Å²) in [7, 11) is 2.06. The lowest BCUT2D eigenvalue weighted by Crippen LogP contribution is -2.37. The molecule has 25 heavy (non-hydrogen) atoms. The molecule has 1 aliphatic carbocycles. The van der Waals surface area contributed by atoms with Gasteiger partial charge in [0.15, 0.2) is 5.69 Å². The van der Waals surface area contributed by atoms with Crippen LogP contribution in [0.25, 0.3) is 0 Å². The van der Waals surface area contributed by atoms with E-state index in [1.165, 1.54) is 29.8 Å². The lowest BCUT2D eigenvalue weighted by molar-refractivity contribution is 0.0688. The smallest absolute Gasteiger partial charge is 0.356 e. The van der Waals surface area contributed by atoms with E-state index < -0.39 is 5.97 Å². The lowest BCUT2D eigenvalue weighted by Gasteiger charge is -2.33. The Morgan fingerprint density at radius 3 is 2.92 bits per heavy atom. The van der Waals surface area contributed by atoms with E-state index in [4.69, 9.17) is 10.2 Å². The summed E-state index contributed by atoms with van der Waals surface area (Å²) in [5, 5.41) is 18.0. The van der Waals surface area contributed by atoms with E-state index >= 15 is 0 Å². The van der Waals surface area contributed by atoms with E-state index in [0.717, 1.165) is 45.3 Å². The van der Waals surface area contributed by atoms with Gasteiger partial charge in [-0.15, -0.1) is 0 Å². The summed E-state index contributed by atoms with van der Waals surface area (Å²) in [5.74, 6) is -0.965. The molecule has 1 fully saturated rings. The standard InChI is InChI=1S/C18H25N5O2/c1-21-17(14-6-2-3-7-15(14)19-21)12-22-9-4-5-13(11-22)23-10-8-16(20-23)18(24)25/h8,10,13H,2-7,9,11-12H2,1H3,(H,24,25). The Hall–Kier alpha value is -2.15. The number of fused-ring (bicyclic) bond motifs is 1. The number of rotatable bonds is 4. The van der Waals surface area contributed by atoms with E-state index in [9.17, 15) is 4.79 Å². The SMILES string of the molecule is Cn1nc2c(c1CN1CCCC(n3ccc(C(=O)O)n3)C1)CCCC2. The molecular weight excluding hydrogens is 318 g/mol. The van der Waals surface area contributed by atoms with Crippen molar-refractivity contribution in [3.63, 3.8) is 0 Å². The summed E-state index contributed by atoms with van der Waals surface area (Å²) >= 11 is 0. The monoisotopic (exact) mass is 343 g/mol. The lowest BCUT2D eigenvalue weighted by atomic mass is 9.95. The van der Waals surface area contributed by atoms with Gasteiger partial charge in [0, 0.05) is 26.3 Å². The number of likely N-dealkylation sites (tertiary alicyclic amines) is 1. The molecule has 0 bridgehead atoms. The van der Waals surface area contributed by atoms with E-state index in [0.29, 0.717) is 0 Å². The molecule has 0 aromatic carbocycles. The normalized spacial score (nSPS) is 21.2. The number of carboxylic acid groups (broad SMARTS) is 1. The molecule has 1 aliphatic heterocycles. The quantitative estimate of drug-likeness (QED) is 0.919. The second-order valence-electron chi connectivity index (χ2n) is 7.22. The molecule has 1 unspecified atom stereocenters. The molecule has 1 N–H and O–H groups in total. The number of aryl methyl sites for hydroxylation is 2. The van der Waals surface area contributed by atoms with Crippen LogP contribution in [0.1, 0.15) is 59.2 Å². The summed E-state index contributed by atoms with van der Waals surface area (Å²) in [5.41, 5.74) is 4.22. The van der Waals surface area contributed by atoms with Crippen LogP contribution in [0.5, 0.6) is 0 Å². The molecule has 0 amide bonds. The van der Waals surface area contributed by atoms with Crippen molar-refractivity contribution < 1.29 is 9.90 Å². The highest BCUT2D eigenvalue weighted by atomic mass is 16.4. The molecule has 1 saturated heterocycles. The largest absolute Gasteiger partial charge is 0.476 e. The van der Waals surface area contributed by atoms with E-state index in [1.807, 2.05) is 4.68 Å². The van der Waals surface area contributed by atoms with E-state index in [1.54, 1.807) is 12.3 Å². The highest BCUT2D eigenvalue weighted by Crippen LogP contribution is 2.27. The molecule has 1 atom stereocenters. The number of carboxylic acids is 1. The predicted octanol–water partition coefficient (Wildman–Crippen LogP) is 2.03. The van der Waals surface area contributed by atoms with Crippen molar-refractivity contribution >= 4 is 5.97 Å². The van der Waals surface area contributed by atoms with Crippen molar-refractivity contribution in [2.45, 2.75) is 51.1 Å². The van der Waals surface area contributed by atoms with Gasteiger partial charge in [0.1, 0.15) is 0 Å². The van der Waals surface area contributed by atoms with Gasteiger partial charge in [-0.05, 0) is 56.7 Å². The Morgan fingerprint density at radius 2 is 2.12 bits per heavy atom. The first-order valence-electron chi connectivity index (χ1n) is 9.16. The predicted molar refractivity (Wildman–Crippen MR) is 92.6 cm³/mol. The molecule has 2 aliphatic rings. The summed E-state index contributed by atoms with van der Waals surface area (Å²) in [6.07, 6.45) is 8.71. The Bertz CT molecular complexity index is 779. The van der Waals surface area contributed by atoms with Crippen LogP contribution in [0, 0.1) is 0 Å². The van der Waals surface area contributed by atoms with Crippen LogP contribution < -0.4 is 0 Å². The average Bonchev–Trinajstić information content (AvgIpc) is 3.21. The molecule has 7 nitrogen and oxygen atoms in total. The second kappa shape index (κ2) is 6.63. The van der Waals surface area contributed by atoms with Crippen molar-refractivity contribution in [1.82, 2.24) is 24.5 Å². The number of aromatic carboxylic acids is 1. The first kappa shape index (κ1) is 16.3. The maximum atomic E-state index is 11.1. The first-order chi connectivity index (χ1) is 12.1. The van der Waals surface area contributed by atoms with Crippen LogP contribution in [0.2, 0.25) is 0 Å². The third-order valence-electron chi connectivity index (χ3n) is 5.50. The molecule has 134 valence electrons. The number of hydrogen-bond acceptors (Lipinski definition) is 4. The Balaban J connectivity index is 1.48. The summed E-state index contributed by atoms with van der Waals surface area (Å²) in [4.78, 5) is 13.5. The fourth-order valence-corrected chi connectivity index (χ4v) is 4.20. The average molecular weight is 343 g/mol. The molecule has 0 saturated carbocycles. The van der Waals surface area contributed by atoms with Crippen LogP contribution in [0.15, 0.2) is 12.3 Å². The zero-order chi connectivity index (χ0) is 17.4. The number of aromatic nitrogens is 4. The van der Waals surface area contributed by atoms with E-state index in [2.05, 4.69) is 21.7 Å². The van der Waals surface area contributed by atoms with Crippen molar-refractivity contribution in [2.75, 3.05) is 13.1 Å². The van der Waals surface area contributed by atoms with Crippen LogP contribution in [0.4, 0.5) is 0 Å². The topological polar surface area (TPSA) is 76.2 Å². The number of hydrogen-bond donors (Lipinski definition) is 1. The minimum Gasteiger partial charge on any atom is -0.476 e. The summed E-state index contributed by atoms with van der Waals surface area (Å²) in [6, 6.07) is 1.82. The van der Waals surface area contributed by atoms with Crippen LogP contribution >= 0.6 is 0 Å². The van der Waals surface area contributed by atoms with Gasteiger partial charge in [0.05, 0.1) is 17.4 Å². The summed E-state index contributed by atoms with van der Waals surface area (Å²) < 4.78 is 3.89. The highest BCUT2D eigenvalue weighted by molar-refractivity contribution is 5.85. The maximum Gasteiger partial charge on any atom is 0.356 e. The van der Waals surface area contributed by atoms with Crippen molar-refractivity contribution in [2.24, 2.45) is 7.05 Å². The van der Waals surface area contributed by atoms with Gasteiger partial charge in [-0.1, -0.05) is 0 Å². The van der Waals surface area contributed by atoms with Gasteiger partial charge >= 0.3 is 5.97 Å².